The molecule has 88 valence electrons. The van der Waals surface area contributed by atoms with Gasteiger partial charge < -0.3 is 5.11 Å². The monoisotopic (exact) mass is 236 g/mol. The van der Waals surface area contributed by atoms with Gasteiger partial charge >= 0.3 is 0 Å². The highest BCUT2D eigenvalue weighted by Crippen LogP contribution is 2.42. The molecular formula is C14H20OS. The Morgan fingerprint density at radius 3 is 2.88 bits per heavy atom. The van der Waals surface area contributed by atoms with E-state index in [2.05, 4.69) is 31.2 Å². The lowest BCUT2D eigenvalue weighted by atomic mass is 9.88. The van der Waals surface area contributed by atoms with Crippen LogP contribution in [0.4, 0.5) is 0 Å². The van der Waals surface area contributed by atoms with Crippen LogP contribution in [-0.2, 0) is 0 Å². The van der Waals surface area contributed by atoms with Gasteiger partial charge in [0.05, 0.1) is 6.10 Å². The summed E-state index contributed by atoms with van der Waals surface area (Å²) in [5, 5.41) is 9.39. The molecule has 0 aromatic heterocycles. The minimum absolute atomic E-state index is 0.167. The van der Waals surface area contributed by atoms with Crippen molar-refractivity contribution in [1.82, 2.24) is 0 Å². The van der Waals surface area contributed by atoms with E-state index in [1.807, 2.05) is 18.7 Å². The van der Waals surface area contributed by atoms with Crippen LogP contribution in [-0.4, -0.2) is 17.0 Å². The molecule has 0 radical (unpaired) electrons. The second-order valence-electron chi connectivity index (χ2n) is 4.97. The van der Waals surface area contributed by atoms with Crippen LogP contribution in [0.5, 0.6) is 0 Å². The SMILES string of the molecule is CC(O)CC(C)CC1CSc2ccccc21. The van der Waals surface area contributed by atoms with Gasteiger partial charge in [-0.25, -0.2) is 0 Å². The molecule has 0 fully saturated rings. The summed E-state index contributed by atoms with van der Waals surface area (Å²) >= 11 is 1.97. The van der Waals surface area contributed by atoms with Gasteiger partial charge in [-0.15, -0.1) is 11.8 Å². The van der Waals surface area contributed by atoms with Gasteiger partial charge in [-0.3, -0.25) is 0 Å². The zero-order valence-corrected chi connectivity index (χ0v) is 10.8. The molecule has 0 amide bonds. The second-order valence-corrected chi connectivity index (χ2v) is 6.03. The lowest BCUT2D eigenvalue weighted by molar-refractivity contribution is 0.160. The maximum atomic E-state index is 9.39. The topological polar surface area (TPSA) is 20.2 Å². The Morgan fingerprint density at radius 1 is 1.38 bits per heavy atom. The molecular weight excluding hydrogens is 216 g/mol. The van der Waals surface area contributed by atoms with Crippen molar-refractivity contribution in [3.63, 3.8) is 0 Å². The highest BCUT2D eigenvalue weighted by atomic mass is 32.2. The lowest BCUT2D eigenvalue weighted by Crippen LogP contribution is -2.11. The van der Waals surface area contributed by atoms with E-state index < -0.39 is 0 Å². The number of fused-ring (bicyclic) bond motifs is 1. The maximum Gasteiger partial charge on any atom is 0.0514 e. The largest absolute Gasteiger partial charge is 0.393 e. The summed E-state index contributed by atoms with van der Waals surface area (Å²) in [6.45, 7) is 4.13. The number of rotatable bonds is 4. The molecule has 0 saturated carbocycles. The van der Waals surface area contributed by atoms with Gasteiger partial charge in [0.2, 0.25) is 0 Å². The van der Waals surface area contributed by atoms with Crippen LogP contribution < -0.4 is 0 Å². The number of thioether (sulfide) groups is 1. The minimum Gasteiger partial charge on any atom is -0.393 e. The van der Waals surface area contributed by atoms with E-state index in [0.29, 0.717) is 11.8 Å². The molecule has 0 aliphatic carbocycles. The van der Waals surface area contributed by atoms with E-state index in [-0.39, 0.29) is 6.10 Å². The fourth-order valence-electron chi connectivity index (χ4n) is 2.59. The molecule has 1 nitrogen and oxygen atoms in total. The number of hydrogen-bond donors (Lipinski definition) is 1. The van der Waals surface area contributed by atoms with Crippen LogP contribution in [0.15, 0.2) is 29.2 Å². The summed E-state index contributed by atoms with van der Waals surface area (Å²) in [5.74, 6) is 2.51. The van der Waals surface area contributed by atoms with E-state index in [0.717, 1.165) is 6.42 Å². The van der Waals surface area contributed by atoms with Crippen LogP contribution >= 0.6 is 11.8 Å². The predicted molar refractivity (Wildman–Crippen MR) is 70.0 cm³/mol. The van der Waals surface area contributed by atoms with E-state index in [1.165, 1.54) is 22.6 Å². The Kier molecular flexibility index (Phi) is 3.93. The standard InChI is InChI=1S/C14H20OS/c1-10(7-11(2)15)8-12-9-16-14-6-4-3-5-13(12)14/h3-6,10-12,15H,7-9H2,1-2H3. The fraction of sp³-hybridized carbons (Fsp3) is 0.571. The third-order valence-electron chi connectivity index (χ3n) is 3.23. The van der Waals surface area contributed by atoms with Gasteiger partial charge in [-0.05, 0) is 43.2 Å². The highest BCUT2D eigenvalue weighted by Gasteiger charge is 2.24. The molecule has 1 aromatic carbocycles. The first-order valence-corrected chi connectivity index (χ1v) is 7.05. The van der Waals surface area contributed by atoms with Crippen LogP contribution in [0, 0.1) is 5.92 Å². The fourth-order valence-corrected chi connectivity index (χ4v) is 3.86. The Balaban J connectivity index is 1.98. The van der Waals surface area contributed by atoms with Crippen molar-refractivity contribution in [2.75, 3.05) is 5.75 Å². The Bertz CT molecular complexity index is 348. The molecule has 0 saturated heterocycles. The van der Waals surface area contributed by atoms with Gasteiger partial charge in [-0.2, -0.15) is 0 Å². The van der Waals surface area contributed by atoms with Crippen molar-refractivity contribution in [3.8, 4) is 0 Å². The molecule has 0 bridgehead atoms. The molecule has 16 heavy (non-hydrogen) atoms. The first kappa shape index (κ1) is 12.0. The molecule has 2 heteroatoms. The Labute approximate surface area is 102 Å². The molecule has 1 N–H and O–H groups in total. The molecule has 2 rings (SSSR count). The summed E-state index contributed by atoms with van der Waals surface area (Å²) in [4.78, 5) is 1.46. The summed E-state index contributed by atoms with van der Waals surface area (Å²) in [6.07, 6.45) is 1.96. The number of hydrogen-bond acceptors (Lipinski definition) is 2. The molecule has 1 heterocycles. The first-order chi connectivity index (χ1) is 7.66. The zero-order chi connectivity index (χ0) is 11.5. The van der Waals surface area contributed by atoms with Crippen molar-refractivity contribution in [2.45, 2.75) is 43.6 Å². The van der Waals surface area contributed by atoms with Crippen LogP contribution in [0.3, 0.4) is 0 Å². The van der Waals surface area contributed by atoms with Crippen molar-refractivity contribution in [1.29, 1.82) is 0 Å². The molecule has 3 atom stereocenters. The molecule has 1 aromatic rings. The first-order valence-electron chi connectivity index (χ1n) is 6.06. The lowest BCUT2D eigenvalue weighted by Gasteiger charge is -2.18. The smallest absolute Gasteiger partial charge is 0.0514 e. The zero-order valence-electron chi connectivity index (χ0n) is 10.0. The van der Waals surface area contributed by atoms with E-state index in [1.54, 1.807) is 0 Å². The van der Waals surface area contributed by atoms with Gasteiger partial charge in [-0.1, -0.05) is 25.1 Å². The van der Waals surface area contributed by atoms with Gasteiger partial charge in [0.1, 0.15) is 0 Å². The predicted octanol–water partition coefficient (Wildman–Crippen LogP) is 3.67. The molecule has 3 unspecified atom stereocenters. The average Bonchev–Trinajstić information content (AvgIpc) is 2.61. The summed E-state index contributed by atoms with van der Waals surface area (Å²) in [6, 6.07) is 8.74. The Hall–Kier alpha value is -0.470. The van der Waals surface area contributed by atoms with Gasteiger partial charge in [0.15, 0.2) is 0 Å². The van der Waals surface area contributed by atoms with E-state index in [9.17, 15) is 5.11 Å². The van der Waals surface area contributed by atoms with Crippen LogP contribution in [0.1, 0.15) is 38.2 Å². The summed E-state index contributed by atoms with van der Waals surface area (Å²) < 4.78 is 0. The number of benzene rings is 1. The van der Waals surface area contributed by atoms with Crippen LogP contribution in [0.2, 0.25) is 0 Å². The van der Waals surface area contributed by atoms with Crippen molar-refractivity contribution in [2.24, 2.45) is 5.92 Å². The number of aliphatic hydroxyl groups excluding tert-OH is 1. The molecule has 1 aliphatic heterocycles. The Morgan fingerprint density at radius 2 is 2.12 bits per heavy atom. The van der Waals surface area contributed by atoms with Crippen molar-refractivity contribution >= 4 is 11.8 Å². The average molecular weight is 236 g/mol. The third kappa shape index (κ3) is 2.80. The van der Waals surface area contributed by atoms with E-state index in [4.69, 9.17) is 0 Å². The third-order valence-corrected chi connectivity index (χ3v) is 4.48. The second kappa shape index (κ2) is 5.24. The molecule has 1 aliphatic rings. The van der Waals surface area contributed by atoms with Crippen LogP contribution in [0.25, 0.3) is 0 Å². The normalized spacial score (nSPS) is 22.8. The highest BCUT2D eigenvalue weighted by molar-refractivity contribution is 7.99. The van der Waals surface area contributed by atoms with Gasteiger partial charge in [0, 0.05) is 10.6 Å². The van der Waals surface area contributed by atoms with Crippen molar-refractivity contribution < 1.29 is 5.11 Å². The number of aliphatic hydroxyl groups is 1. The van der Waals surface area contributed by atoms with Crippen molar-refractivity contribution in [3.05, 3.63) is 29.8 Å². The maximum absolute atomic E-state index is 9.39. The quantitative estimate of drug-likeness (QED) is 0.860. The minimum atomic E-state index is -0.167. The molecule has 0 spiro atoms. The van der Waals surface area contributed by atoms with E-state index >= 15 is 0 Å². The summed E-state index contributed by atoms with van der Waals surface area (Å²) in [7, 11) is 0. The summed E-state index contributed by atoms with van der Waals surface area (Å²) in [5.41, 5.74) is 1.52. The van der Waals surface area contributed by atoms with Gasteiger partial charge in [0.25, 0.3) is 0 Å².